The number of carbonyl (C=O) groups is 1. The van der Waals surface area contributed by atoms with Gasteiger partial charge in [-0.25, -0.2) is 0 Å². The molecule has 1 rings (SSSR count). The molecule has 4 heteroatoms. The van der Waals surface area contributed by atoms with E-state index in [9.17, 15) is 4.79 Å². The van der Waals surface area contributed by atoms with Crippen LogP contribution in [0.15, 0.2) is 0 Å². The van der Waals surface area contributed by atoms with E-state index in [-0.39, 0.29) is 18.4 Å². The highest BCUT2D eigenvalue weighted by Crippen LogP contribution is 2.15. The Hall–Kier alpha value is -0.610. The predicted octanol–water partition coefficient (Wildman–Crippen LogP) is -0.269. The molecular formula is C10H20N2O2. The summed E-state index contributed by atoms with van der Waals surface area (Å²) in [5, 5.41) is 14.7. The number of nitrogens with one attached hydrogen (secondary N) is 2. The topological polar surface area (TPSA) is 61.4 Å². The number of unbranched alkanes of at least 4 members (excludes halogenated alkanes) is 1. The molecule has 0 spiro atoms. The van der Waals surface area contributed by atoms with E-state index in [1.807, 2.05) is 0 Å². The molecule has 0 aromatic rings. The molecule has 0 unspecified atom stereocenters. The molecule has 0 aromatic carbocycles. The molecule has 1 fully saturated rings. The lowest BCUT2D eigenvalue weighted by molar-refractivity contribution is -0.125. The lowest BCUT2D eigenvalue weighted by atomic mass is 9.97. The van der Waals surface area contributed by atoms with Gasteiger partial charge in [0.1, 0.15) is 0 Å². The maximum atomic E-state index is 11.6. The zero-order chi connectivity index (χ0) is 10.4. The fraction of sp³-hybridized carbons (Fsp3) is 0.900. The average Bonchev–Trinajstić information content (AvgIpc) is 2.59. The van der Waals surface area contributed by atoms with E-state index < -0.39 is 0 Å². The van der Waals surface area contributed by atoms with E-state index in [1.165, 1.54) is 0 Å². The Morgan fingerprint density at radius 2 is 2.29 bits per heavy atom. The van der Waals surface area contributed by atoms with Crippen LogP contribution < -0.4 is 10.6 Å². The molecule has 1 aliphatic rings. The summed E-state index contributed by atoms with van der Waals surface area (Å²) in [6.45, 7) is 4.72. The molecule has 14 heavy (non-hydrogen) atoms. The lowest BCUT2D eigenvalue weighted by Gasteiger charge is -2.13. The summed E-state index contributed by atoms with van der Waals surface area (Å²) in [5.74, 6) is 0.720. The molecule has 0 bridgehead atoms. The van der Waals surface area contributed by atoms with Crippen LogP contribution in [0, 0.1) is 11.8 Å². The second-order valence-electron chi connectivity index (χ2n) is 3.96. The molecule has 82 valence electrons. The second-order valence-corrected chi connectivity index (χ2v) is 3.96. The SMILES string of the molecule is C[C@@H]1CNC[C@H]1C(=O)NCCCCO. The van der Waals surface area contributed by atoms with Gasteiger partial charge >= 0.3 is 0 Å². The first kappa shape index (κ1) is 11.5. The number of rotatable bonds is 5. The molecular weight excluding hydrogens is 180 g/mol. The molecule has 1 amide bonds. The van der Waals surface area contributed by atoms with Gasteiger partial charge in [-0.1, -0.05) is 6.92 Å². The largest absolute Gasteiger partial charge is 0.396 e. The number of hydrogen-bond acceptors (Lipinski definition) is 3. The Labute approximate surface area is 85.1 Å². The van der Waals surface area contributed by atoms with Gasteiger partial charge in [0.05, 0.1) is 5.92 Å². The van der Waals surface area contributed by atoms with E-state index in [0.29, 0.717) is 12.5 Å². The minimum atomic E-state index is 0.129. The van der Waals surface area contributed by atoms with Gasteiger partial charge in [-0.2, -0.15) is 0 Å². The van der Waals surface area contributed by atoms with Gasteiger partial charge in [-0.3, -0.25) is 4.79 Å². The smallest absolute Gasteiger partial charge is 0.224 e. The quantitative estimate of drug-likeness (QED) is 0.535. The molecule has 0 aliphatic carbocycles. The zero-order valence-electron chi connectivity index (χ0n) is 8.75. The third-order valence-electron chi connectivity index (χ3n) is 2.74. The van der Waals surface area contributed by atoms with Crippen molar-refractivity contribution < 1.29 is 9.90 Å². The number of aliphatic hydroxyl groups excluding tert-OH is 1. The summed E-state index contributed by atoms with van der Waals surface area (Å²) in [7, 11) is 0. The van der Waals surface area contributed by atoms with Crippen LogP contribution in [0.2, 0.25) is 0 Å². The van der Waals surface area contributed by atoms with E-state index in [2.05, 4.69) is 17.6 Å². The summed E-state index contributed by atoms with van der Waals surface area (Å²) in [6.07, 6.45) is 1.62. The molecule has 0 aromatic heterocycles. The van der Waals surface area contributed by atoms with Crippen molar-refractivity contribution >= 4 is 5.91 Å². The Kier molecular flexibility index (Phi) is 4.90. The minimum Gasteiger partial charge on any atom is -0.396 e. The number of carbonyl (C=O) groups excluding carboxylic acids is 1. The molecule has 3 N–H and O–H groups in total. The van der Waals surface area contributed by atoms with E-state index >= 15 is 0 Å². The molecule has 1 aliphatic heterocycles. The maximum Gasteiger partial charge on any atom is 0.224 e. The Bertz CT molecular complexity index is 185. The average molecular weight is 200 g/mol. The van der Waals surface area contributed by atoms with E-state index in [4.69, 9.17) is 5.11 Å². The van der Waals surface area contributed by atoms with Crippen LogP contribution in [-0.4, -0.2) is 37.3 Å². The van der Waals surface area contributed by atoms with Crippen molar-refractivity contribution in [3.8, 4) is 0 Å². The molecule has 1 heterocycles. The van der Waals surface area contributed by atoms with Crippen LogP contribution in [0.4, 0.5) is 0 Å². The molecule has 0 saturated carbocycles. The van der Waals surface area contributed by atoms with E-state index in [0.717, 1.165) is 25.9 Å². The highest BCUT2D eigenvalue weighted by Gasteiger charge is 2.28. The first-order valence-electron chi connectivity index (χ1n) is 5.35. The summed E-state index contributed by atoms with van der Waals surface area (Å²) in [6, 6.07) is 0. The summed E-state index contributed by atoms with van der Waals surface area (Å²) >= 11 is 0. The monoisotopic (exact) mass is 200 g/mol. The highest BCUT2D eigenvalue weighted by molar-refractivity contribution is 5.79. The van der Waals surface area contributed by atoms with Gasteiger partial charge in [-0.05, 0) is 25.3 Å². The normalized spacial score (nSPS) is 26.4. The van der Waals surface area contributed by atoms with Crippen molar-refractivity contribution in [1.82, 2.24) is 10.6 Å². The van der Waals surface area contributed by atoms with Crippen LogP contribution in [0.3, 0.4) is 0 Å². The number of hydrogen-bond donors (Lipinski definition) is 3. The Balaban J connectivity index is 2.14. The van der Waals surface area contributed by atoms with Gasteiger partial charge in [0, 0.05) is 19.7 Å². The molecule has 1 saturated heterocycles. The predicted molar refractivity (Wildman–Crippen MR) is 54.9 cm³/mol. The van der Waals surface area contributed by atoms with Crippen molar-refractivity contribution in [2.45, 2.75) is 19.8 Å². The van der Waals surface area contributed by atoms with Crippen molar-refractivity contribution in [2.75, 3.05) is 26.2 Å². The van der Waals surface area contributed by atoms with Crippen molar-refractivity contribution in [2.24, 2.45) is 11.8 Å². The van der Waals surface area contributed by atoms with Crippen LogP contribution in [0.5, 0.6) is 0 Å². The first-order chi connectivity index (χ1) is 6.75. The summed E-state index contributed by atoms with van der Waals surface area (Å²) in [4.78, 5) is 11.6. The fourth-order valence-electron chi connectivity index (χ4n) is 1.74. The maximum absolute atomic E-state index is 11.6. The van der Waals surface area contributed by atoms with Crippen molar-refractivity contribution in [1.29, 1.82) is 0 Å². The molecule has 0 radical (unpaired) electrons. The summed E-state index contributed by atoms with van der Waals surface area (Å²) in [5.41, 5.74) is 0. The lowest BCUT2D eigenvalue weighted by Crippen LogP contribution is -2.34. The fourth-order valence-corrected chi connectivity index (χ4v) is 1.74. The van der Waals surface area contributed by atoms with Crippen molar-refractivity contribution in [3.63, 3.8) is 0 Å². The second kappa shape index (κ2) is 5.98. The van der Waals surface area contributed by atoms with Crippen LogP contribution in [0.1, 0.15) is 19.8 Å². The van der Waals surface area contributed by atoms with Crippen LogP contribution in [0.25, 0.3) is 0 Å². The van der Waals surface area contributed by atoms with Crippen molar-refractivity contribution in [3.05, 3.63) is 0 Å². The Morgan fingerprint density at radius 3 is 2.86 bits per heavy atom. The van der Waals surface area contributed by atoms with Gasteiger partial charge < -0.3 is 15.7 Å². The van der Waals surface area contributed by atoms with Gasteiger partial charge in [0.25, 0.3) is 0 Å². The third kappa shape index (κ3) is 3.27. The molecule has 2 atom stereocenters. The van der Waals surface area contributed by atoms with Gasteiger partial charge in [0.2, 0.25) is 5.91 Å². The highest BCUT2D eigenvalue weighted by atomic mass is 16.2. The number of amides is 1. The van der Waals surface area contributed by atoms with Crippen LogP contribution in [-0.2, 0) is 4.79 Å². The number of aliphatic hydroxyl groups is 1. The van der Waals surface area contributed by atoms with E-state index in [1.54, 1.807) is 0 Å². The third-order valence-corrected chi connectivity index (χ3v) is 2.74. The molecule has 4 nitrogen and oxygen atoms in total. The van der Waals surface area contributed by atoms with Gasteiger partial charge in [0.15, 0.2) is 0 Å². The van der Waals surface area contributed by atoms with Gasteiger partial charge in [-0.15, -0.1) is 0 Å². The zero-order valence-corrected chi connectivity index (χ0v) is 8.75. The minimum absolute atomic E-state index is 0.129. The standard InChI is InChI=1S/C10H20N2O2/c1-8-6-11-7-9(8)10(14)12-4-2-3-5-13/h8-9,11,13H,2-7H2,1H3,(H,12,14)/t8-,9-/m1/s1. The Morgan fingerprint density at radius 1 is 1.50 bits per heavy atom. The summed E-state index contributed by atoms with van der Waals surface area (Å²) < 4.78 is 0. The first-order valence-corrected chi connectivity index (χ1v) is 5.35. The van der Waals surface area contributed by atoms with Crippen LogP contribution >= 0.6 is 0 Å².